The third-order valence-electron chi connectivity index (χ3n) is 2.99. The van der Waals surface area contributed by atoms with E-state index < -0.39 is 30.2 Å². The zero-order chi connectivity index (χ0) is 16.2. The summed E-state index contributed by atoms with van der Waals surface area (Å²) in [7, 11) is 0. The highest BCUT2D eigenvalue weighted by Crippen LogP contribution is 2.25. The molecule has 1 rings (SSSR count). The molecule has 0 heterocycles. The SMILES string of the molecule is CC(C)(C)c1ccccc1C(=O)NC(CC(N)=O)C(=O)O. The Morgan fingerprint density at radius 1 is 1.24 bits per heavy atom. The molecular formula is C15H20N2O4. The van der Waals surface area contributed by atoms with Gasteiger partial charge in [0.15, 0.2) is 0 Å². The maximum absolute atomic E-state index is 12.3. The number of hydrogen-bond acceptors (Lipinski definition) is 3. The van der Waals surface area contributed by atoms with E-state index in [9.17, 15) is 14.4 Å². The number of carbonyl (C=O) groups is 3. The molecule has 0 spiro atoms. The molecule has 0 aromatic heterocycles. The molecule has 0 aliphatic rings. The van der Waals surface area contributed by atoms with Gasteiger partial charge in [-0.25, -0.2) is 4.79 Å². The second kappa shape index (κ2) is 6.39. The molecule has 6 heteroatoms. The number of hydrogen-bond donors (Lipinski definition) is 3. The Bertz CT molecular complexity index is 561. The minimum Gasteiger partial charge on any atom is -0.480 e. The van der Waals surface area contributed by atoms with E-state index in [-0.39, 0.29) is 5.41 Å². The van der Waals surface area contributed by atoms with E-state index in [1.807, 2.05) is 32.9 Å². The fourth-order valence-electron chi connectivity index (χ4n) is 1.97. The van der Waals surface area contributed by atoms with Crippen molar-refractivity contribution in [2.75, 3.05) is 0 Å². The third kappa shape index (κ3) is 4.59. The molecule has 0 saturated carbocycles. The van der Waals surface area contributed by atoms with E-state index >= 15 is 0 Å². The fourth-order valence-corrected chi connectivity index (χ4v) is 1.97. The molecule has 0 radical (unpaired) electrons. The number of rotatable bonds is 5. The zero-order valence-electron chi connectivity index (χ0n) is 12.3. The van der Waals surface area contributed by atoms with E-state index in [1.54, 1.807) is 12.1 Å². The number of amides is 2. The van der Waals surface area contributed by atoms with Crippen molar-refractivity contribution in [2.45, 2.75) is 38.6 Å². The first-order chi connectivity index (χ1) is 9.62. The molecule has 6 nitrogen and oxygen atoms in total. The van der Waals surface area contributed by atoms with Crippen LogP contribution in [0.2, 0.25) is 0 Å². The average Bonchev–Trinajstić information content (AvgIpc) is 2.36. The molecule has 0 aliphatic heterocycles. The van der Waals surface area contributed by atoms with Crippen LogP contribution < -0.4 is 11.1 Å². The number of carbonyl (C=O) groups excluding carboxylic acids is 2. The summed E-state index contributed by atoms with van der Waals surface area (Å²) < 4.78 is 0. The van der Waals surface area contributed by atoms with Gasteiger partial charge in [-0.3, -0.25) is 9.59 Å². The molecule has 1 aromatic rings. The van der Waals surface area contributed by atoms with Crippen molar-refractivity contribution >= 4 is 17.8 Å². The predicted octanol–water partition coefficient (Wildman–Crippen LogP) is 1.04. The van der Waals surface area contributed by atoms with E-state index in [4.69, 9.17) is 10.8 Å². The number of aliphatic carboxylic acids is 1. The standard InChI is InChI=1S/C15H20N2O4/c1-15(2,3)10-7-5-4-6-9(10)13(19)17-11(14(20)21)8-12(16)18/h4-7,11H,8H2,1-3H3,(H2,16,18)(H,17,19)(H,20,21). The number of carboxylic acids is 1. The van der Waals surface area contributed by atoms with Crippen LogP contribution >= 0.6 is 0 Å². The summed E-state index contributed by atoms with van der Waals surface area (Å²) in [4.78, 5) is 34.2. The molecule has 2 amide bonds. The fraction of sp³-hybridized carbons (Fsp3) is 0.400. The van der Waals surface area contributed by atoms with Crippen LogP contribution in [0.25, 0.3) is 0 Å². The number of carboxylic acid groups (broad SMARTS) is 1. The molecular weight excluding hydrogens is 272 g/mol. The summed E-state index contributed by atoms with van der Waals surface area (Å²) in [5.41, 5.74) is 5.91. The molecule has 0 fully saturated rings. The number of nitrogens with two attached hydrogens (primary N) is 1. The number of benzene rings is 1. The van der Waals surface area contributed by atoms with E-state index in [0.717, 1.165) is 5.56 Å². The van der Waals surface area contributed by atoms with Gasteiger partial charge in [0.25, 0.3) is 5.91 Å². The van der Waals surface area contributed by atoms with Gasteiger partial charge in [0.1, 0.15) is 6.04 Å². The molecule has 4 N–H and O–H groups in total. The summed E-state index contributed by atoms with van der Waals surface area (Å²) in [6.45, 7) is 5.87. The number of nitrogens with one attached hydrogen (secondary N) is 1. The smallest absolute Gasteiger partial charge is 0.326 e. The highest BCUT2D eigenvalue weighted by atomic mass is 16.4. The van der Waals surface area contributed by atoms with Crippen LogP contribution in [0.4, 0.5) is 0 Å². The van der Waals surface area contributed by atoms with Gasteiger partial charge in [0, 0.05) is 5.56 Å². The maximum atomic E-state index is 12.3. The molecule has 1 unspecified atom stereocenters. The Morgan fingerprint density at radius 2 is 1.81 bits per heavy atom. The van der Waals surface area contributed by atoms with Crippen LogP contribution in [-0.4, -0.2) is 28.9 Å². The molecule has 0 saturated heterocycles. The van der Waals surface area contributed by atoms with Gasteiger partial charge >= 0.3 is 5.97 Å². The summed E-state index contributed by atoms with van der Waals surface area (Å²) in [5, 5.41) is 11.4. The average molecular weight is 292 g/mol. The second-order valence-corrected chi connectivity index (χ2v) is 5.83. The Morgan fingerprint density at radius 3 is 2.29 bits per heavy atom. The van der Waals surface area contributed by atoms with Gasteiger partial charge < -0.3 is 16.2 Å². The molecule has 0 aliphatic carbocycles. The predicted molar refractivity (Wildman–Crippen MR) is 77.8 cm³/mol. The Hall–Kier alpha value is -2.37. The van der Waals surface area contributed by atoms with Crippen molar-refractivity contribution in [1.29, 1.82) is 0 Å². The highest BCUT2D eigenvalue weighted by Gasteiger charge is 2.26. The van der Waals surface area contributed by atoms with Gasteiger partial charge in [-0.15, -0.1) is 0 Å². The minimum atomic E-state index is -1.33. The normalized spacial score (nSPS) is 12.5. The van der Waals surface area contributed by atoms with Crippen molar-refractivity contribution in [2.24, 2.45) is 5.73 Å². The van der Waals surface area contributed by atoms with Gasteiger partial charge in [0.05, 0.1) is 6.42 Å². The lowest BCUT2D eigenvalue weighted by Gasteiger charge is -2.23. The first kappa shape index (κ1) is 16.7. The van der Waals surface area contributed by atoms with Crippen LogP contribution in [0.1, 0.15) is 43.1 Å². The lowest BCUT2D eigenvalue weighted by molar-refractivity contribution is -0.140. The summed E-state index contributed by atoms with van der Waals surface area (Å²) >= 11 is 0. The molecule has 0 bridgehead atoms. The Labute approximate surface area is 123 Å². The molecule has 114 valence electrons. The van der Waals surface area contributed by atoms with Gasteiger partial charge in [-0.1, -0.05) is 39.0 Å². The van der Waals surface area contributed by atoms with E-state index in [2.05, 4.69) is 5.32 Å². The molecule has 21 heavy (non-hydrogen) atoms. The van der Waals surface area contributed by atoms with Crippen molar-refractivity contribution < 1.29 is 19.5 Å². The largest absolute Gasteiger partial charge is 0.480 e. The summed E-state index contributed by atoms with van der Waals surface area (Å²) in [6.07, 6.45) is -0.446. The van der Waals surface area contributed by atoms with Crippen molar-refractivity contribution in [1.82, 2.24) is 5.32 Å². The minimum absolute atomic E-state index is 0.268. The van der Waals surface area contributed by atoms with E-state index in [1.165, 1.54) is 0 Å². The van der Waals surface area contributed by atoms with Crippen LogP contribution in [0.5, 0.6) is 0 Å². The topological polar surface area (TPSA) is 109 Å². The van der Waals surface area contributed by atoms with Crippen LogP contribution in [0.15, 0.2) is 24.3 Å². The monoisotopic (exact) mass is 292 g/mol. The van der Waals surface area contributed by atoms with Gasteiger partial charge in [-0.2, -0.15) is 0 Å². The first-order valence-corrected chi connectivity index (χ1v) is 6.54. The second-order valence-electron chi connectivity index (χ2n) is 5.83. The quantitative estimate of drug-likeness (QED) is 0.753. The lowest BCUT2D eigenvalue weighted by atomic mass is 9.83. The Kier molecular flexibility index (Phi) is 5.07. The third-order valence-corrected chi connectivity index (χ3v) is 2.99. The van der Waals surface area contributed by atoms with Crippen molar-refractivity contribution in [3.8, 4) is 0 Å². The Balaban J connectivity index is 3.04. The van der Waals surface area contributed by atoms with Crippen LogP contribution in [0.3, 0.4) is 0 Å². The lowest BCUT2D eigenvalue weighted by Crippen LogP contribution is -2.43. The molecule has 1 atom stereocenters. The maximum Gasteiger partial charge on any atom is 0.326 e. The van der Waals surface area contributed by atoms with Crippen LogP contribution in [0, 0.1) is 0 Å². The van der Waals surface area contributed by atoms with Crippen molar-refractivity contribution in [3.63, 3.8) is 0 Å². The molecule has 1 aromatic carbocycles. The van der Waals surface area contributed by atoms with Gasteiger partial charge in [0.2, 0.25) is 5.91 Å². The van der Waals surface area contributed by atoms with Crippen LogP contribution in [-0.2, 0) is 15.0 Å². The van der Waals surface area contributed by atoms with E-state index in [0.29, 0.717) is 5.56 Å². The highest BCUT2D eigenvalue weighted by molar-refractivity contribution is 5.99. The summed E-state index contributed by atoms with van der Waals surface area (Å²) in [6, 6.07) is 5.63. The number of primary amides is 1. The van der Waals surface area contributed by atoms with Crippen molar-refractivity contribution in [3.05, 3.63) is 35.4 Å². The zero-order valence-corrected chi connectivity index (χ0v) is 12.3. The summed E-state index contributed by atoms with van der Waals surface area (Å²) in [5.74, 6) is -2.61. The first-order valence-electron chi connectivity index (χ1n) is 6.54. The van der Waals surface area contributed by atoms with Gasteiger partial charge in [-0.05, 0) is 17.0 Å².